The van der Waals surface area contributed by atoms with Crippen molar-refractivity contribution in [3.63, 3.8) is 0 Å². The summed E-state index contributed by atoms with van der Waals surface area (Å²) in [5.41, 5.74) is 1.21. The minimum atomic E-state index is -0.0821. The number of nitrogens with one attached hydrogen (secondary N) is 1. The second kappa shape index (κ2) is 4.60. The molecule has 1 aromatic rings. The van der Waals surface area contributed by atoms with Gasteiger partial charge in [0.1, 0.15) is 0 Å². The topological polar surface area (TPSA) is 26.1 Å². The van der Waals surface area contributed by atoms with Crippen LogP contribution >= 0.6 is 0 Å². The lowest BCUT2D eigenvalue weighted by atomic mass is 9.85. The van der Waals surface area contributed by atoms with Gasteiger partial charge < -0.3 is 5.32 Å². The summed E-state index contributed by atoms with van der Waals surface area (Å²) in [5.74, 6) is 0. The maximum atomic E-state index is 4.79. The molecule has 0 aromatic heterocycles. The Hall–Kier alpha value is -1.12. The third kappa shape index (κ3) is 2.11. The van der Waals surface area contributed by atoms with Crippen LogP contribution in [0.25, 0.3) is 0 Å². The molecule has 1 radical (unpaired) electrons. The zero-order valence-corrected chi connectivity index (χ0v) is 8.95. The lowest BCUT2D eigenvalue weighted by molar-refractivity contribution is 0.271. The van der Waals surface area contributed by atoms with Crippen molar-refractivity contribution in [2.45, 2.75) is 12.0 Å². The van der Waals surface area contributed by atoms with Crippen LogP contribution < -0.4 is 10.6 Å². The Kier molecular flexibility index (Phi) is 3.19. The lowest BCUT2D eigenvalue weighted by Gasteiger charge is -2.37. The molecule has 1 unspecified atom stereocenters. The van der Waals surface area contributed by atoms with Crippen molar-refractivity contribution in [2.75, 3.05) is 19.6 Å². The Morgan fingerprint density at radius 2 is 2.20 bits per heavy atom. The third-order valence-corrected chi connectivity index (χ3v) is 2.91. The van der Waals surface area contributed by atoms with Gasteiger partial charge in [0.2, 0.25) is 0 Å². The molecule has 1 N–H and O–H groups in total. The molecule has 1 atom stereocenters. The van der Waals surface area contributed by atoms with Gasteiger partial charge in [0.15, 0.2) is 0 Å². The molecule has 2 heteroatoms. The van der Waals surface area contributed by atoms with Crippen LogP contribution in [-0.2, 0) is 5.54 Å². The molecule has 1 aromatic carbocycles. The van der Waals surface area contributed by atoms with Gasteiger partial charge in [-0.05, 0) is 12.0 Å². The molecular formula is C13H17N2. The molecule has 1 saturated heterocycles. The van der Waals surface area contributed by atoms with E-state index in [-0.39, 0.29) is 5.54 Å². The second-order valence-corrected chi connectivity index (χ2v) is 3.95. The highest BCUT2D eigenvalue weighted by Gasteiger charge is 2.33. The van der Waals surface area contributed by atoms with E-state index in [0.717, 1.165) is 26.1 Å². The Morgan fingerprint density at radius 1 is 1.40 bits per heavy atom. The number of nitrogens with zero attached hydrogens (tertiary/aromatic N) is 1. The zero-order chi connectivity index (χ0) is 10.6. The van der Waals surface area contributed by atoms with E-state index in [1.807, 2.05) is 12.1 Å². The summed E-state index contributed by atoms with van der Waals surface area (Å²) in [6, 6.07) is 10.5. The molecule has 0 saturated carbocycles. The Balaban J connectivity index is 2.29. The van der Waals surface area contributed by atoms with Crippen molar-refractivity contribution in [3.8, 4) is 0 Å². The molecule has 79 valence electrons. The lowest BCUT2D eigenvalue weighted by Crippen LogP contribution is -2.52. The van der Waals surface area contributed by atoms with Crippen molar-refractivity contribution in [1.82, 2.24) is 10.6 Å². The van der Waals surface area contributed by atoms with E-state index in [9.17, 15) is 0 Å². The standard InChI is InChI=1S/C13H17N2/c1-2-8-13(11-14-9-10-15-13)12-6-4-3-5-7-12/h2-7,14H,1,8-11H2. The molecule has 0 spiro atoms. The molecular weight excluding hydrogens is 184 g/mol. The van der Waals surface area contributed by atoms with E-state index in [1.165, 1.54) is 5.56 Å². The van der Waals surface area contributed by atoms with Gasteiger partial charge in [-0.25, -0.2) is 5.32 Å². The normalized spacial score (nSPS) is 26.1. The van der Waals surface area contributed by atoms with E-state index in [2.05, 4.69) is 36.2 Å². The minimum Gasteiger partial charge on any atom is -0.313 e. The van der Waals surface area contributed by atoms with E-state index in [0.29, 0.717) is 0 Å². The van der Waals surface area contributed by atoms with Gasteiger partial charge in [0.05, 0.1) is 5.54 Å². The molecule has 1 aliphatic rings. The molecule has 0 amide bonds. The SMILES string of the molecule is C=CCC1(c2ccccc2)CNCC[N]1. The van der Waals surface area contributed by atoms with Gasteiger partial charge in [-0.2, -0.15) is 0 Å². The number of hydrogen-bond donors (Lipinski definition) is 1. The van der Waals surface area contributed by atoms with Crippen LogP contribution in [-0.4, -0.2) is 19.6 Å². The molecule has 0 aliphatic carbocycles. The number of piperazine rings is 1. The van der Waals surface area contributed by atoms with E-state index in [1.54, 1.807) is 0 Å². The van der Waals surface area contributed by atoms with Crippen LogP contribution in [0.3, 0.4) is 0 Å². The second-order valence-electron chi connectivity index (χ2n) is 3.95. The van der Waals surface area contributed by atoms with E-state index < -0.39 is 0 Å². The highest BCUT2D eigenvalue weighted by Crippen LogP contribution is 2.27. The summed E-state index contributed by atoms with van der Waals surface area (Å²) in [6.45, 7) is 6.64. The number of benzene rings is 1. The van der Waals surface area contributed by atoms with Crippen LogP contribution in [0.15, 0.2) is 43.0 Å². The first-order valence-corrected chi connectivity index (χ1v) is 5.43. The minimum absolute atomic E-state index is 0.0821. The summed E-state index contributed by atoms with van der Waals surface area (Å²) in [5, 5.41) is 8.20. The monoisotopic (exact) mass is 201 g/mol. The molecule has 0 bridgehead atoms. The molecule has 15 heavy (non-hydrogen) atoms. The number of rotatable bonds is 3. The smallest absolute Gasteiger partial charge is 0.0763 e. The highest BCUT2D eigenvalue weighted by molar-refractivity contribution is 5.26. The van der Waals surface area contributed by atoms with Crippen molar-refractivity contribution >= 4 is 0 Å². The fraction of sp³-hybridized carbons (Fsp3) is 0.385. The molecule has 1 heterocycles. The molecule has 1 fully saturated rings. The maximum absolute atomic E-state index is 4.79. The van der Waals surface area contributed by atoms with Crippen LogP contribution in [0.2, 0.25) is 0 Å². The fourth-order valence-corrected chi connectivity index (χ4v) is 2.14. The number of hydrogen-bond acceptors (Lipinski definition) is 1. The van der Waals surface area contributed by atoms with E-state index in [4.69, 9.17) is 5.32 Å². The summed E-state index contributed by atoms with van der Waals surface area (Å²) >= 11 is 0. The van der Waals surface area contributed by atoms with Crippen LogP contribution in [0.1, 0.15) is 12.0 Å². The molecule has 2 nitrogen and oxygen atoms in total. The van der Waals surface area contributed by atoms with Crippen LogP contribution in [0, 0.1) is 0 Å². The molecule has 1 aliphatic heterocycles. The fourth-order valence-electron chi connectivity index (χ4n) is 2.14. The van der Waals surface area contributed by atoms with Crippen molar-refractivity contribution in [3.05, 3.63) is 48.6 Å². The van der Waals surface area contributed by atoms with E-state index >= 15 is 0 Å². The first kappa shape index (κ1) is 10.4. The van der Waals surface area contributed by atoms with Gasteiger partial charge in [-0.15, -0.1) is 6.58 Å². The quantitative estimate of drug-likeness (QED) is 0.740. The van der Waals surface area contributed by atoms with Gasteiger partial charge in [-0.3, -0.25) is 0 Å². The van der Waals surface area contributed by atoms with Crippen molar-refractivity contribution < 1.29 is 0 Å². The molecule has 2 rings (SSSR count). The zero-order valence-electron chi connectivity index (χ0n) is 8.95. The largest absolute Gasteiger partial charge is 0.313 e. The maximum Gasteiger partial charge on any atom is 0.0763 e. The van der Waals surface area contributed by atoms with Crippen LogP contribution in [0.5, 0.6) is 0 Å². The highest BCUT2D eigenvalue weighted by atomic mass is 15.1. The van der Waals surface area contributed by atoms with Gasteiger partial charge in [-0.1, -0.05) is 36.4 Å². The summed E-state index contributed by atoms with van der Waals surface area (Å²) < 4.78 is 0. The summed E-state index contributed by atoms with van der Waals surface area (Å²) in [6.07, 6.45) is 2.87. The Bertz CT molecular complexity index is 313. The predicted octanol–water partition coefficient (Wildman–Crippen LogP) is 1.67. The van der Waals surface area contributed by atoms with Crippen molar-refractivity contribution in [1.29, 1.82) is 0 Å². The van der Waals surface area contributed by atoms with Gasteiger partial charge in [0, 0.05) is 19.6 Å². The van der Waals surface area contributed by atoms with Crippen LogP contribution in [0.4, 0.5) is 0 Å². The third-order valence-electron chi connectivity index (χ3n) is 2.91. The summed E-state index contributed by atoms with van der Waals surface area (Å²) in [4.78, 5) is 0. The van der Waals surface area contributed by atoms with Gasteiger partial charge >= 0.3 is 0 Å². The Morgan fingerprint density at radius 3 is 2.80 bits per heavy atom. The predicted molar refractivity (Wildman–Crippen MR) is 62.8 cm³/mol. The first-order chi connectivity index (χ1) is 7.37. The van der Waals surface area contributed by atoms with Crippen molar-refractivity contribution in [2.24, 2.45) is 0 Å². The Labute approximate surface area is 91.4 Å². The van der Waals surface area contributed by atoms with Gasteiger partial charge in [0.25, 0.3) is 0 Å². The average Bonchev–Trinajstić information content (AvgIpc) is 2.32. The first-order valence-electron chi connectivity index (χ1n) is 5.43. The average molecular weight is 201 g/mol. The summed E-state index contributed by atoms with van der Waals surface area (Å²) in [7, 11) is 0.